The summed E-state index contributed by atoms with van der Waals surface area (Å²) in [6.07, 6.45) is 2.31. The van der Waals surface area contributed by atoms with E-state index < -0.39 is 0 Å². The van der Waals surface area contributed by atoms with Crippen LogP contribution in [0.5, 0.6) is 0 Å². The van der Waals surface area contributed by atoms with Crippen LogP contribution < -0.4 is 10.6 Å². The molecule has 0 bridgehead atoms. The van der Waals surface area contributed by atoms with E-state index in [1.165, 1.54) is 5.56 Å². The Hall–Kier alpha value is -1.39. The van der Waals surface area contributed by atoms with Crippen molar-refractivity contribution in [3.05, 3.63) is 52.0 Å². The molecule has 0 aliphatic heterocycles. The van der Waals surface area contributed by atoms with Gasteiger partial charge in [-0.05, 0) is 52.9 Å². The largest absolute Gasteiger partial charge is 0.362 e. The van der Waals surface area contributed by atoms with Gasteiger partial charge < -0.3 is 10.6 Å². The topological polar surface area (TPSA) is 29.3 Å². The molecule has 1 aromatic carbocycles. The first kappa shape index (κ1) is 12.6. The molecule has 3 rings (SSSR count). The standard InChI is InChI=1S/C15H17FN2S/c16-14-7-11(8-17)1-4-15(14)18(13-2-3-13)9-12-5-6-19-10-12/h1,4-7,10,13H,2-3,8-9,17H2. The highest BCUT2D eigenvalue weighted by Gasteiger charge is 2.30. The fraction of sp³-hybridized carbons (Fsp3) is 0.333. The zero-order valence-electron chi connectivity index (χ0n) is 10.7. The predicted octanol–water partition coefficient (Wildman–Crippen LogP) is 3.51. The third-order valence-corrected chi connectivity index (χ3v) is 4.21. The van der Waals surface area contributed by atoms with Crippen molar-refractivity contribution >= 4 is 17.0 Å². The van der Waals surface area contributed by atoms with Gasteiger partial charge in [-0.3, -0.25) is 0 Å². The minimum absolute atomic E-state index is 0.162. The molecule has 1 fully saturated rings. The van der Waals surface area contributed by atoms with Crippen molar-refractivity contribution in [2.45, 2.75) is 32.0 Å². The summed E-state index contributed by atoms with van der Waals surface area (Å²) in [6, 6.07) is 7.92. The van der Waals surface area contributed by atoms with Gasteiger partial charge in [0.25, 0.3) is 0 Å². The SMILES string of the molecule is NCc1ccc(N(Cc2ccsc2)C2CC2)c(F)c1. The monoisotopic (exact) mass is 276 g/mol. The summed E-state index contributed by atoms with van der Waals surface area (Å²) in [5.41, 5.74) is 8.34. The second-order valence-corrected chi connectivity index (χ2v) is 5.76. The molecule has 19 heavy (non-hydrogen) atoms. The average Bonchev–Trinajstić information content (AvgIpc) is 3.14. The lowest BCUT2D eigenvalue weighted by Crippen LogP contribution is -2.25. The second-order valence-electron chi connectivity index (χ2n) is 4.98. The number of thiophene rings is 1. The molecule has 0 atom stereocenters. The van der Waals surface area contributed by atoms with E-state index in [9.17, 15) is 4.39 Å². The maximum atomic E-state index is 14.2. The Labute approximate surface area is 116 Å². The van der Waals surface area contributed by atoms with Crippen molar-refractivity contribution in [3.8, 4) is 0 Å². The minimum Gasteiger partial charge on any atom is -0.362 e. The smallest absolute Gasteiger partial charge is 0.146 e. The highest BCUT2D eigenvalue weighted by molar-refractivity contribution is 7.07. The molecule has 0 unspecified atom stereocenters. The fourth-order valence-electron chi connectivity index (χ4n) is 2.29. The highest BCUT2D eigenvalue weighted by Crippen LogP contribution is 2.35. The molecule has 0 amide bonds. The molecule has 2 aromatic rings. The van der Waals surface area contributed by atoms with E-state index in [0.29, 0.717) is 18.3 Å². The first-order valence-electron chi connectivity index (χ1n) is 6.54. The van der Waals surface area contributed by atoms with Crippen LogP contribution in [0.3, 0.4) is 0 Å². The van der Waals surface area contributed by atoms with E-state index in [1.54, 1.807) is 17.4 Å². The van der Waals surface area contributed by atoms with Gasteiger partial charge in [0.2, 0.25) is 0 Å². The van der Waals surface area contributed by atoms with E-state index in [2.05, 4.69) is 21.7 Å². The van der Waals surface area contributed by atoms with Crippen LogP contribution >= 0.6 is 11.3 Å². The maximum Gasteiger partial charge on any atom is 0.146 e. The van der Waals surface area contributed by atoms with Crippen molar-refractivity contribution in [1.82, 2.24) is 0 Å². The van der Waals surface area contributed by atoms with Crippen molar-refractivity contribution in [3.63, 3.8) is 0 Å². The molecule has 1 aliphatic rings. The quantitative estimate of drug-likeness (QED) is 0.905. The summed E-state index contributed by atoms with van der Waals surface area (Å²) in [5, 5.41) is 4.19. The summed E-state index contributed by atoms with van der Waals surface area (Å²) >= 11 is 1.68. The summed E-state index contributed by atoms with van der Waals surface area (Å²) in [7, 11) is 0. The van der Waals surface area contributed by atoms with Crippen molar-refractivity contribution < 1.29 is 4.39 Å². The van der Waals surface area contributed by atoms with Crippen LogP contribution in [0, 0.1) is 5.82 Å². The van der Waals surface area contributed by atoms with Gasteiger partial charge in [0.05, 0.1) is 5.69 Å². The number of nitrogens with zero attached hydrogens (tertiary/aromatic N) is 1. The van der Waals surface area contributed by atoms with Crippen LogP contribution in [0.1, 0.15) is 24.0 Å². The fourth-order valence-corrected chi connectivity index (χ4v) is 2.95. The summed E-state index contributed by atoms with van der Waals surface area (Å²) in [6.45, 7) is 1.16. The van der Waals surface area contributed by atoms with E-state index >= 15 is 0 Å². The Kier molecular flexibility index (Phi) is 3.53. The molecule has 1 heterocycles. The lowest BCUT2D eigenvalue weighted by atomic mass is 10.1. The minimum atomic E-state index is -0.162. The van der Waals surface area contributed by atoms with Crippen molar-refractivity contribution in [2.24, 2.45) is 5.73 Å². The Morgan fingerprint density at radius 2 is 2.11 bits per heavy atom. The van der Waals surface area contributed by atoms with Gasteiger partial charge >= 0.3 is 0 Å². The molecule has 1 aliphatic carbocycles. The van der Waals surface area contributed by atoms with E-state index in [1.807, 2.05) is 12.1 Å². The van der Waals surface area contributed by atoms with Crippen molar-refractivity contribution in [1.29, 1.82) is 0 Å². The van der Waals surface area contributed by atoms with E-state index in [0.717, 1.165) is 24.9 Å². The van der Waals surface area contributed by atoms with Crippen LogP contribution in [-0.2, 0) is 13.1 Å². The van der Waals surface area contributed by atoms with Gasteiger partial charge in [-0.25, -0.2) is 4.39 Å². The van der Waals surface area contributed by atoms with Crippen LogP contribution in [0.2, 0.25) is 0 Å². The highest BCUT2D eigenvalue weighted by atomic mass is 32.1. The Balaban J connectivity index is 1.87. The molecule has 1 aromatic heterocycles. The molecular weight excluding hydrogens is 259 g/mol. The van der Waals surface area contributed by atoms with Gasteiger partial charge in [0.1, 0.15) is 5.82 Å². The second kappa shape index (κ2) is 5.31. The normalized spacial score (nSPS) is 14.6. The van der Waals surface area contributed by atoms with Gasteiger partial charge in [0.15, 0.2) is 0 Å². The Morgan fingerprint density at radius 3 is 2.68 bits per heavy atom. The first-order chi connectivity index (χ1) is 9.28. The summed E-state index contributed by atoms with van der Waals surface area (Å²) < 4.78 is 14.2. The van der Waals surface area contributed by atoms with Crippen molar-refractivity contribution in [2.75, 3.05) is 4.90 Å². The molecule has 1 saturated carbocycles. The van der Waals surface area contributed by atoms with E-state index in [4.69, 9.17) is 5.73 Å². The Bertz CT molecular complexity index is 549. The number of rotatable bonds is 5. The zero-order chi connectivity index (χ0) is 13.2. The molecular formula is C15H17FN2S. The van der Waals surface area contributed by atoms with Crippen LogP contribution in [-0.4, -0.2) is 6.04 Å². The molecule has 4 heteroatoms. The average molecular weight is 276 g/mol. The number of halogens is 1. The number of hydrogen-bond acceptors (Lipinski definition) is 3. The van der Waals surface area contributed by atoms with Crippen LogP contribution in [0.4, 0.5) is 10.1 Å². The molecule has 0 radical (unpaired) electrons. The first-order valence-corrected chi connectivity index (χ1v) is 7.48. The summed E-state index contributed by atoms with van der Waals surface area (Å²) in [5.74, 6) is -0.162. The number of anilines is 1. The molecule has 0 saturated heterocycles. The number of nitrogens with two attached hydrogens (primary N) is 1. The van der Waals surface area contributed by atoms with Crippen LogP contribution in [0.25, 0.3) is 0 Å². The number of benzene rings is 1. The zero-order valence-corrected chi connectivity index (χ0v) is 11.5. The molecule has 2 nitrogen and oxygen atoms in total. The summed E-state index contributed by atoms with van der Waals surface area (Å²) in [4.78, 5) is 2.18. The van der Waals surface area contributed by atoms with E-state index in [-0.39, 0.29) is 5.82 Å². The van der Waals surface area contributed by atoms with Gasteiger partial charge in [-0.15, -0.1) is 0 Å². The van der Waals surface area contributed by atoms with Gasteiger partial charge in [0, 0.05) is 19.1 Å². The Morgan fingerprint density at radius 1 is 1.26 bits per heavy atom. The number of hydrogen-bond donors (Lipinski definition) is 1. The lowest BCUT2D eigenvalue weighted by Gasteiger charge is -2.25. The third kappa shape index (κ3) is 2.80. The van der Waals surface area contributed by atoms with Gasteiger partial charge in [-0.1, -0.05) is 6.07 Å². The molecule has 2 N–H and O–H groups in total. The molecule has 100 valence electrons. The van der Waals surface area contributed by atoms with Gasteiger partial charge in [-0.2, -0.15) is 11.3 Å². The lowest BCUT2D eigenvalue weighted by molar-refractivity contribution is 0.612. The van der Waals surface area contributed by atoms with Crippen LogP contribution in [0.15, 0.2) is 35.0 Å². The third-order valence-electron chi connectivity index (χ3n) is 3.48. The maximum absolute atomic E-state index is 14.2. The molecule has 0 spiro atoms. The predicted molar refractivity (Wildman–Crippen MR) is 77.8 cm³/mol.